The zero-order valence-corrected chi connectivity index (χ0v) is 35.4. The Morgan fingerprint density at radius 3 is 2.15 bits per heavy atom. The van der Waals surface area contributed by atoms with Crippen molar-refractivity contribution in [3.05, 3.63) is 95.8 Å². The number of thioether (sulfide) groups is 1. The van der Waals surface area contributed by atoms with E-state index in [1.807, 2.05) is 55.7 Å². The first-order chi connectivity index (χ1) is 29.1. The molecule has 6 amide bonds. The van der Waals surface area contributed by atoms with Crippen LogP contribution in [0.25, 0.3) is 11.1 Å². The van der Waals surface area contributed by atoms with Crippen LogP contribution in [0.4, 0.5) is 13.6 Å². The zero-order valence-electron chi connectivity index (χ0n) is 34.6. The Morgan fingerprint density at radius 2 is 1.51 bits per heavy atom. The summed E-state index contributed by atoms with van der Waals surface area (Å²) in [6.07, 6.45) is 3.27. The van der Waals surface area contributed by atoms with Crippen LogP contribution >= 0.6 is 11.8 Å². The summed E-state index contributed by atoms with van der Waals surface area (Å²) < 4.78 is 42.3. The lowest BCUT2D eigenvalue weighted by Crippen LogP contribution is -2.44. The average Bonchev–Trinajstić information content (AvgIpc) is 3.76. The first kappa shape index (κ1) is 48.1. The van der Waals surface area contributed by atoms with E-state index >= 15 is 4.39 Å². The van der Waals surface area contributed by atoms with Gasteiger partial charge in [-0.1, -0.05) is 51.1 Å². The molecule has 4 N–H and O–H groups in total. The standard InChI is InChI=1S/C43H54F2N6O9S/c1-43(2,3)41(35-24-31(33-25-32(44)10-11-34(33)45)27-49(35)26-30-8-5-4-6-9-30)50(18-7-15-48-42(57)58)40(56)29-61-23-14-36(52)46-16-19-59-21-22-60-20-17-47-37(53)28-51-38(54)12-13-39(51)55/h4-6,8-13,24-25,27,41,48H,7,14-23,26,28-29H2,1-3H3,(H,46,52)(H,47,53)(H,57,58)/t41-/m0/s1. The highest BCUT2D eigenvalue weighted by Crippen LogP contribution is 2.41. The lowest BCUT2D eigenvalue weighted by Gasteiger charge is -2.41. The number of carbonyl (C=O) groups excluding carboxylic acids is 5. The van der Waals surface area contributed by atoms with Crippen LogP contribution < -0.4 is 16.0 Å². The Hall–Kier alpha value is -5.59. The molecule has 1 aliphatic heterocycles. The molecular weight excluding hydrogens is 815 g/mol. The number of halogens is 2. The van der Waals surface area contributed by atoms with Gasteiger partial charge in [0.2, 0.25) is 17.7 Å². The van der Waals surface area contributed by atoms with Gasteiger partial charge in [0, 0.05) is 80.1 Å². The second-order valence-electron chi connectivity index (χ2n) is 15.2. The number of imide groups is 1. The van der Waals surface area contributed by atoms with Crippen molar-refractivity contribution in [2.45, 2.75) is 46.2 Å². The van der Waals surface area contributed by atoms with E-state index < -0.39 is 46.9 Å². The summed E-state index contributed by atoms with van der Waals surface area (Å²) in [5.74, 6) is -2.77. The Kier molecular flexibility index (Phi) is 18.9. The Labute approximate surface area is 358 Å². The summed E-state index contributed by atoms with van der Waals surface area (Å²) >= 11 is 1.30. The maximum absolute atomic E-state index is 15.1. The molecule has 0 aliphatic carbocycles. The number of hydrogen-bond donors (Lipinski definition) is 4. The Morgan fingerprint density at radius 1 is 0.852 bits per heavy atom. The number of aromatic nitrogens is 1. The molecule has 1 aliphatic rings. The zero-order chi connectivity index (χ0) is 44.4. The third-order valence-corrected chi connectivity index (χ3v) is 10.3. The third-order valence-electron chi connectivity index (χ3n) is 9.36. The molecule has 1 atom stereocenters. The molecule has 330 valence electrons. The quantitative estimate of drug-likeness (QED) is 0.0704. The van der Waals surface area contributed by atoms with E-state index in [0.717, 1.165) is 40.8 Å². The van der Waals surface area contributed by atoms with Crippen molar-refractivity contribution in [3.8, 4) is 11.1 Å². The summed E-state index contributed by atoms with van der Waals surface area (Å²) in [4.78, 5) is 75.5. The van der Waals surface area contributed by atoms with Gasteiger partial charge in [-0.2, -0.15) is 11.8 Å². The molecule has 0 saturated carbocycles. The molecule has 0 radical (unpaired) electrons. The van der Waals surface area contributed by atoms with Crippen molar-refractivity contribution in [2.75, 3.05) is 70.7 Å². The van der Waals surface area contributed by atoms with Gasteiger partial charge in [-0.3, -0.25) is 28.9 Å². The maximum atomic E-state index is 15.1. The van der Waals surface area contributed by atoms with E-state index in [1.165, 1.54) is 11.8 Å². The van der Waals surface area contributed by atoms with Crippen LogP contribution in [0.1, 0.15) is 50.9 Å². The van der Waals surface area contributed by atoms with Crippen LogP contribution in [0.2, 0.25) is 0 Å². The van der Waals surface area contributed by atoms with Crippen LogP contribution in [0, 0.1) is 17.0 Å². The van der Waals surface area contributed by atoms with Gasteiger partial charge in [-0.15, -0.1) is 0 Å². The molecule has 1 aromatic heterocycles. The van der Waals surface area contributed by atoms with Crippen LogP contribution in [0.15, 0.2) is 72.9 Å². The molecule has 2 heterocycles. The molecular formula is C43H54F2N6O9S. The maximum Gasteiger partial charge on any atom is 0.404 e. The van der Waals surface area contributed by atoms with Crippen molar-refractivity contribution in [2.24, 2.45) is 5.41 Å². The summed E-state index contributed by atoms with van der Waals surface area (Å²) in [5, 5.41) is 16.9. The lowest BCUT2D eigenvalue weighted by atomic mass is 9.83. The second kappa shape index (κ2) is 24.0. The fourth-order valence-corrected chi connectivity index (χ4v) is 7.40. The number of amides is 6. The molecule has 3 aromatic rings. The van der Waals surface area contributed by atoms with E-state index in [4.69, 9.17) is 9.47 Å². The molecule has 2 aromatic carbocycles. The molecule has 0 bridgehead atoms. The first-order valence-electron chi connectivity index (χ1n) is 19.9. The van der Waals surface area contributed by atoms with E-state index in [1.54, 1.807) is 17.2 Å². The molecule has 0 fully saturated rings. The number of carbonyl (C=O) groups is 6. The highest BCUT2D eigenvalue weighted by molar-refractivity contribution is 7.99. The van der Waals surface area contributed by atoms with Crippen molar-refractivity contribution >= 4 is 47.4 Å². The summed E-state index contributed by atoms with van der Waals surface area (Å²) in [5.41, 5.74) is 1.61. The van der Waals surface area contributed by atoms with Crippen LogP contribution in [0.3, 0.4) is 0 Å². The molecule has 0 saturated heterocycles. The molecule has 18 heteroatoms. The van der Waals surface area contributed by atoms with Gasteiger partial charge in [-0.05, 0) is 41.7 Å². The second-order valence-corrected chi connectivity index (χ2v) is 16.3. The van der Waals surface area contributed by atoms with E-state index in [2.05, 4.69) is 16.0 Å². The predicted octanol–water partition coefficient (Wildman–Crippen LogP) is 4.37. The lowest BCUT2D eigenvalue weighted by molar-refractivity contribution is -0.141. The largest absolute Gasteiger partial charge is 0.465 e. The SMILES string of the molecule is CC(C)(C)[C@H](c1cc(-c2cc(F)ccc2F)cn1Cc1ccccc1)N(CCCNC(=O)O)C(=O)CSCCC(=O)NCCOCCOCCNC(=O)CN1C(=O)C=CC1=O. The van der Waals surface area contributed by atoms with Gasteiger partial charge in [0.1, 0.15) is 18.2 Å². The van der Waals surface area contributed by atoms with Crippen LogP contribution in [-0.2, 0) is 40.0 Å². The van der Waals surface area contributed by atoms with Crippen molar-refractivity contribution < 1.29 is 52.1 Å². The number of rotatable bonds is 25. The number of hydrogen-bond acceptors (Lipinski definition) is 9. The smallest absolute Gasteiger partial charge is 0.404 e. The fourth-order valence-electron chi connectivity index (χ4n) is 6.58. The number of carboxylic acid groups (broad SMARTS) is 1. The third kappa shape index (κ3) is 15.8. The fraction of sp³-hybridized carbons (Fsp3) is 0.442. The van der Waals surface area contributed by atoms with Gasteiger partial charge in [0.05, 0.1) is 38.2 Å². The Bertz CT molecular complexity index is 1990. The number of benzene rings is 2. The normalized spacial score (nSPS) is 13.0. The van der Waals surface area contributed by atoms with Gasteiger partial charge < -0.3 is 40.0 Å². The molecule has 15 nitrogen and oxygen atoms in total. The van der Waals surface area contributed by atoms with Crippen LogP contribution in [0.5, 0.6) is 0 Å². The number of nitrogens with one attached hydrogen (secondary N) is 3. The van der Waals surface area contributed by atoms with E-state index in [-0.39, 0.29) is 88.7 Å². The van der Waals surface area contributed by atoms with E-state index in [9.17, 15) is 38.3 Å². The van der Waals surface area contributed by atoms with E-state index in [0.29, 0.717) is 30.0 Å². The number of nitrogens with zero attached hydrogens (tertiary/aromatic N) is 3. The average molecular weight is 869 g/mol. The highest BCUT2D eigenvalue weighted by atomic mass is 32.2. The van der Waals surface area contributed by atoms with Crippen LogP contribution in [-0.4, -0.2) is 126 Å². The first-order valence-corrected chi connectivity index (χ1v) is 21.1. The van der Waals surface area contributed by atoms with Gasteiger partial charge >= 0.3 is 6.09 Å². The minimum absolute atomic E-state index is 0.0407. The van der Waals surface area contributed by atoms with Gasteiger partial charge in [0.25, 0.3) is 11.8 Å². The molecule has 61 heavy (non-hydrogen) atoms. The topological polar surface area (TPSA) is 189 Å². The minimum atomic E-state index is -1.18. The van der Waals surface area contributed by atoms with Crippen molar-refractivity contribution in [1.82, 2.24) is 30.3 Å². The summed E-state index contributed by atoms with van der Waals surface area (Å²) in [7, 11) is 0. The molecule has 4 rings (SSSR count). The minimum Gasteiger partial charge on any atom is -0.465 e. The summed E-state index contributed by atoms with van der Waals surface area (Å²) in [6, 6.07) is 14.1. The predicted molar refractivity (Wildman–Crippen MR) is 225 cm³/mol. The van der Waals surface area contributed by atoms with Crippen molar-refractivity contribution in [3.63, 3.8) is 0 Å². The van der Waals surface area contributed by atoms with Crippen molar-refractivity contribution in [1.29, 1.82) is 0 Å². The molecule has 0 spiro atoms. The highest BCUT2D eigenvalue weighted by Gasteiger charge is 2.37. The Balaban J connectivity index is 1.28. The summed E-state index contributed by atoms with van der Waals surface area (Å²) in [6.45, 7) is 7.68. The van der Waals surface area contributed by atoms with Gasteiger partial charge in [0.15, 0.2) is 0 Å². The van der Waals surface area contributed by atoms with Gasteiger partial charge in [-0.25, -0.2) is 13.6 Å². The number of ether oxygens (including phenoxy) is 2. The monoisotopic (exact) mass is 868 g/mol. The molecule has 0 unspecified atom stereocenters.